The molecule has 8 heavy (non-hydrogen) atoms. The Labute approximate surface area is 52.3 Å². The molecule has 0 amide bonds. The molecular formula is C6H12BN. The normalized spacial score (nSPS) is 35.9. The number of hydrogen-bond donors (Lipinski definition) is 1. The molecule has 1 nitrogen and oxygen atoms in total. The van der Waals surface area contributed by atoms with E-state index in [0.717, 1.165) is 6.42 Å². The Morgan fingerprint density at radius 1 is 1.62 bits per heavy atom. The van der Waals surface area contributed by atoms with Crippen molar-refractivity contribution in [3.63, 3.8) is 0 Å². The lowest BCUT2D eigenvalue weighted by Gasteiger charge is -2.04. The molecule has 1 N–H and O–H groups in total. The number of rotatable bonds is 2. The molecule has 0 aliphatic heterocycles. The van der Waals surface area contributed by atoms with E-state index in [1.165, 1.54) is 0 Å². The average molecular weight is 109 g/mol. The van der Waals surface area contributed by atoms with Crippen LogP contribution in [-0.4, -0.2) is 19.9 Å². The fourth-order valence-electron chi connectivity index (χ4n) is 0.834. The summed E-state index contributed by atoms with van der Waals surface area (Å²) in [5.41, 5.74) is 0. The first kappa shape index (κ1) is 6.15. The highest BCUT2D eigenvalue weighted by Gasteiger charge is 2.31. The molecule has 2 heteroatoms. The van der Waals surface area contributed by atoms with E-state index in [2.05, 4.69) is 19.2 Å². The maximum Gasteiger partial charge on any atom is 0.0721 e. The van der Waals surface area contributed by atoms with Crippen molar-refractivity contribution in [3.05, 3.63) is 0 Å². The summed E-state index contributed by atoms with van der Waals surface area (Å²) in [6, 6.07) is 1.21. The van der Waals surface area contributed by atoms with Gasteiger partial charge in [0.2, 0.25) is 0 Å². The fourth-order valence-corrected chi connectivity index (χ4v) is 0.834. The van der Waals surface area contributed by atoms with Crippen LogP contribution in [0.4, 0.5) is 0 Å². The Morgan fingerprint density at radius 3 is 2.25 bits per heavy atom. The minimum atomic E-state index is 0.442. The minimum absolute atomic E-state index is 0.442. The van der Waals surface area contributed by atoms with Crippen molar-refractivity contribution in [1.82, 2.24) is 5.32 Å². The monoisotopic (exact) mass is 109 g/mol. The molecular weight excluding hydrogens is 96.9 g/mol. The Morgan fingerprint density at radius 2 is 2.12 bits per heavy atom. The van der Waals surface area contributed by atoms with Crippen LogP contribution in [0, 0.1) is 0 Å². The lowest BCUT2D eigenvalue weighted by Crippen LogP contribution is -2.25. The molecule has 0 saturated heterocycles. The van der Waals surface area contributed by atoms with Crippen molar-refractivity contribution < 1.29 is 0 Å². The first-order valence-corrected chi connectivity index (χ1v) is 3.22. The van der Waals surface area contributed by atoms with Crippen LogP contribution >= 0.6 is 0 Å². The molecule has 1 rings (SSSR count). The van der Waals surface area contributed by atoms with Crippen molar-refractivity contribution in [2.75, 3.05) is 0 Å². The quantitative estimate of drug-likeness (QED) is 0.515. The predicted molar refractivity (Wildman–Crippen MR) is 36.2 cm³/mol. The van der Waals surface area contributed by atoms with E-state index in [9.17, 15) is 0 Å². The maximum absolute atomic E-state index is 5.55. The molecule has 1 fully saturated rings. The summed E-state index contributed by atoms with van der Waals surface area (Å²) in [6.07, 6.45) is 1.16. The summed E-state index contributed by atoms with van der Waals surface area (Å²) >= 11 is 0. The van der Waals surface area contributed by atoms with Crippen LogP contribution in [0.15, 0.2) is 0 Å². The molecule has 2 unspecified atom stereocenters. The van der Waals surface area contributed by atoms with Crippen molar-refractivity contribution in [3.8, 4) is 0 Å². The molecule has 0 aromatic heterocycles. The van der Waals surface area contributed by atoms with Crippen LogP contribution in [0.25, 0.3) is 0 Å². The van der Waals surface area contributed by atoms with E-state index in [1.54, 1.807) is 0 Å². The van der Waals surface area contributed by atoms with E-state index in [4.69, 9.17) is 7.85 Å². The van der Waals surface area contributed by atoms with Crippen LogP contribution in [0.2, 0.25) is 5.82 Å². The van der Waals surface area contributed by atoms with E-state index in [0.29, 0.717) is 17.9 Å². The third-order valence-electron chi connectivity index (χ3n) is 1.39. The van der Waals surface area contributed by atoms with E-state index in [1.807, 2.05) is 0 Å². The molecule has 0 bridgehead atoms. The topological polar surface area (TPSA) is 12.0 Å². The molecule has 1 saturated carbocycles. The highest BCUT2D eigenvalue weighted by molar-refractivity contribution is 6.14. The standard InChI is InChI=1S/C6H12BN/c1-4(2)8-6-3-5(6)7/h4-6,8H,3H2,1-2H3. The molecule has 1 aliphatic rings. The highest BCUT2D eigenvalue weighted by atomic mass is 15.0. The summed E-state index contributed by atoms with van der Waals surface area (Å²) in [6.45, 7) is 4.29. The van der Waals surface area contributed by atoms with Crippen molar-refractivity contribution in [2.45, 2.75) is 38.2 Å². The third kappa shape index (κ3) is 1.51. The van der Waals surface area contributed by atoms with Gasteiger partial charge in [0.05, 0.1) is 7.85 Å². The summed E-state index contributed by atoms with van der Waals surface area (Å²) in [5.74, 6) is 0.442. The molecule has 0 spiro atoms. The SMILES string of the molecule is [B]C1CC1NC(C)C. The van der Waals surface area contributed by atoms with E-state index >= 15 is 0 Å². The fraction of sp³-hybridized carbons (Fsp3) is 1.00. The van der Waals surface area contributed by atoms with Crippen molar-refractivity contribution >= 4 is 7.85 Å². The van der Waals surface area contributed by atoms with Gasteiger partial charge in [-0.05, 0) is 6.42 Å². The second-order valence-electron chi connectivity index (χ2n) is 2.83. The molecule has 0 aromatic carbocycles. The second kappa shape index (κ2) is 2.10. The van der Waals surface area contributed by atoms with Gasteiger partial charge in [0.25, 0.3) is 0 Å². The first-order chi connectivity index (χ1) is 3.70. The Bertz CT molecular complexity index is 82.6. The van der Waals surface area contributed by atoms with Crippen LogP contribution in [0.1, 0.15) is 20.3 Å². The van der Waals surface area contributed by atoms with Gasteiger partial charge in [-0.3, -0.25) is 0 Å². The molecule has 2 atom stereocenters. The van der Waals surface area contributed by atoms with Crippen LogP contribution in [0.3, 0.4) is 0 Å². The van der Waals surface area contributed by atoms with Crippen LogP contribution in [0.5, 0.6) is 0 Å². The third-order valence-corrected chi connectivity index (χ3v) is 1.39. The summed E-state index contributed by atoms with van der Waals surface area (Å²) in [7, 11) is 5.55. The van der Waals surface area contributed by atoms with Crippen LogP contribution in [-0.2, 0) is 0 Å². The number of nitrogens with one attached hydrogen (secondary N) is 1. The summed E-state index contributed by atoms with van der Waals surface area (Å²) < 4.78 is 0. The van der Waals surface area contributed by atoms with Gasteiger partial charge >= 0.3 is 0 Å². The largest absolute Gasteiger partial charge is 0.312 e. The van der Waals surface area contributed by atoms with Gasteiger partial charge in [0, 0.05) is 12.1 Å². The lowest BCUT2D eigenvalue weighted by atomic mass is 10.0. The van der Waals surface area contributed by atoms with Gasteiger partial charge < -0.3 is 5.32 Å². The lowest BCUT2D eigenvalue weighted by molar-refractivity contribution is 0.585. The van der Waals surface area contributed by atoms with Gasteiger partial charge in [-0.15, -0.1) is 0 Å². The van der Waals surface area contributed by atoms with E-state index in [-0.39, 0.29) is 0 Å². The van der Waals surface area contributed by atoms with Gasteiger partial charge in [-0.1, -0.05) is 19.7 Å². The van der Waals surface area contributed by atoms with Crippen molar-refractivity contribution in [1.29, 1.82) is 0 Å². The molecule has 0 heterocycles. The molecule has 44 valence electrons. The summed E-state index contributed by atoms with van der Waals surface area (Å²) in [5, 5.41) is 3.34. The second-order valence-corrected chi connectivity index (χ2v) is 2.83. The predicted octanol–water partition coefficient (Wildman–Crippen LogP) is 0.714. The smallest absolute Gasteiger partial charge is 0.0721 e. The summed E-state index contributed by atoms with van der Waals surface area (Å²) in [4.78, 5) is 0. The van der Waals surface area contributed by atoms with Crippen LogP contribution < -0.4 is 5.32 Å². The zero-order valence-corrected chi connectivity index (χ0v) is 5.52. The van der Waals surface area contributed by atoms with E-state index < -0.39 is 0 Å². The maximum atomic E-state index is 5.55. The van der Waals surface area contributed by atoms with Gasteiger partial charge in [0.15, 0.2) is 0 Å². The van der Waals surface area contributed by atoms with Crippen molar-refractivity contribution in [2.24, 2.45) is 0 Å². The average Bonchev–Trinajstić information content (AvgIpc) is 2.17. The van der Waals surface area contributed by atoms with Gasteiger partial charge in [0.1, 0.15) is 0 Å². The minimum Gasteiger partial charge on any atom is -0.312 e. The Kier molecular flexibility index (Phi) is 1.61. The Hall–Kier alpha value is 0.0249. The first-order valence-electron chi connectivity index (χ1n) is 3.22. The number of hydrogen-bond acceptors (Lipinski definition) is 1. The van der Waals surface area contributed by atoms with Gasteiger partial charge in [-0.25, -0.2) is 0 Å². The van der Waals surface area contributed by atoms with Gasteiger partial charge in [-0.2, -0.15) is 0 Å². The Balaban J connectivity index is 2.05. The zero-order valence-electron chi connectivity index (χ0n) is 5.52. The zero-order chi connectivity index (χ0) is 6.15. The molecule has 0 aromatic rings. The highest BCUT2D eigenvalue weighted by Crippen LogP contribution is 2.33. The molecule has 1 aliphatic carbocycles. The molecule has 2 radical (unpaired) electrons.